The molecule has 1 aliphatic heterocycles. The lowest BCUT2D eigenvalue weighted by Gasteiger charge is -2.37. The number of carbonyl (C=O) groups is 1. The van der Waals surface area contributed by atoms with E-state index >= 15 is 0 Å². The fourth-order valence-electron chi connectivity index (χ4n) is 2.03. The monoisotopic (exact) mass is 315 g/mol. The van der Waals surface area contributed by atoms with Crippen molar-refractivity contribution in [2.45, 2.75) is 26.0 Å². The van der Waals surface area contributed by atoms with Gasteiger partial charge >= 0.3 is 0 Å². The molecule has 1 fully saturated rings. The van der Waals surface area contributed by atoms with Gasteiger partial charge in [0.2, 0.25) is 0 Å². The Bertz CT molecular complexity index is 446. The summed E-state index contributed by atoms with van der Waals surface area (Å²) in [6, 6.07) is 4.50. The van der Waals surface area contributed by atoms with E-state index in [-0.39, 0.29) is 23.6 Å². The highest BCUT2D eigenvalue weighted by Gasteiger charge is 2.30. The van der Waals surface area contributed by atoms with Crippen molar-refractivity contribution >= 4 is 21.8 Å². The van der Waals surface area contributed by atoms with Crippen LogP contribution in [0, 0.1) is 5.82 Å². The fraction of sp³-hybridized carbons (Fsp3) is 0.462. The highest BCUT2D eigenvalue weighted by Crippen LogP contribution is 2.23. The van der Waals surface area contributed by atoms with Crippen molar-refractivity contribution in [2.24, 2.45) is 0 Å². The Morgan fingerprint density at radius 2 is 2.22 bits per heavy atom. The average Bonchev–Trinajstić information content (AvgIpc) is 2.32. The zero-order chi connectivity index (χ0) is 13.3. The highest BCUT2D eigenvalue weighted by atomic mass is 79.9. The van der Waals surface area contributed by atoms with Crippen molar-refractivity contribution in [1.82, 2.24) is 4.90 Å². The van der Waals surface area contributed by atoms with Crippen LogP contribution in [0.5, 0.6) is 0 Å². The summed E-state index contributed by atoms with van der Waals surface area (Å²) in [5.41, 5.74) is 0.0958. The van der Waals surface area contributed by atoms with Crippen molar-refractivity contribution in [1.29, 1.82) is 0 Å². The van der Waals surface area contributed by atoms with E-state index < -0.39 is 5.82 Å². The second-order valence-electron chi connectivity index (χ2n) is 4.55. The second-order valence-corrected chi connectivity index (χ2v) is 5.40. The third-order valence-corrected chi connectivity index (χ3v) is 3.71. The van der Waals surface area contributed by atoms with Crippen LogP contribution in [0.1, 0.15) is 24.2 Å². The Morgan fingerprint density at radius 1 is 1.50 bits per heavy atom. The Balaban J connectivity index is 2.30. The summed E-state index contributed by atoms with van der Waals surface area (Å²) in [7, 11) is 0. The molecule has 2 rings (SSSR count). The first kappa shape index (κ1) is 13.5. The van der Waals surface area contributed by atoms with Crippen LogP contribution in [0.2, 0.25) is 0 Å². The van der Waals surface area contributed by atoms with Gasteiger partial charge in [-0.05, 0) is 41.9 Å². The lowest BCUT2D eigenvalue weighted by atomic mass is 10.1. The van der Waals surface area contributed by atoms with Crippen LogP contribution >= 0.6 is 15.9 Å². The number of halogens is 2. The van der Waals surface area contributed by atoms with Gasteiger partial charge in [-0.2, -0.15) is 0 Å². The lowest BCUT2D eigenvalue weighted by molar-refractivity contribution is -0.0388. The van der Waals surface area contributed by atoms with Crippen LogP contribution in [-0.4, -0.2) is 36.1 Å². The number of hydrogen-bond donors (Lipinski definition) is 0. The third kappa shape index (κ3) is 2.57. The van der Waals surface area contributed by atoms with Crippen LogP contribution in [-0.2, 0) is 4.74 Å². The Hall–Kier alpha value is -0.940. The van der Waals surface area contributed by atoms with Gasteiger partial charge in [-0.3, -0.25) is 4.79 Å². The first-order valence-electron chi connectivity index (χ1n) is 5.87. The van der Waals surface area contributed by atoms with Gasteiger partial charge in [-0.1, -0.05) is 6.07 Å². The molecular weight excluding hydrogens is 301 g/mol. The Kier molecular flexibility index (Phi) is 4.02. The van der Waals surface area contributed by atoms with Gasteiger partial charge in [-0.25, -0.2) is 4.39 Å². The van der Waals surface area contributed by atoms with Gasteiger partial charge < -0.3 is 9.64 Å². The van der Waals surface area contributed by atoms with Crippen molar-refractivity contribution in [3.05, 3.63) is 34.1 Å². The van der Waals surface area contributed by atoms with Crippen LogP contribution in [0.3, 0.4) is 0 Å². The van der Waals surface area contributed by atoms with E-state index in [0.717, 1.165) is 0 Å². The molecule has 5 heteroatoms. The Labute approximate surface area is 114 Å². The molecule has 0 bridgehead atoms. The molecule has 0 aromatic heterocycles. The molecular formula is C13H15BrFNO2. The largest absolute Gasteiger partial charge is 0.375 e. The zero-order valence-electron chi connectivity index (χ0n) is 10.3. The number of hydrogen-bond acceptors (Lipinski definition) is 2. The molecule has 1 aromatic rings. The molecule has 3 nitrogen and oxygen atoms in total. The van der Waals surface area contributed by atoms with E-state index in [1.54, 1.807) is 17.0 Å². The van der Waals surface area contributed by atoms with E-state index in [0.29, 0.717) is 17.6 Å². The summed E-state index contributed by atoms with van der Waals surface area (Å²) in [4.78, 5) is 14.1. The maximum absolute atomic E-state index is 13.8. The van der Waals surface area contributed by atoms with Gasteiger partial charge in [0.05, 0.1) is 24.3 Å². The molecule has 0 aliphatic carbocycles. The molecule has 1 aromatic carbocycles. The van der Waals surface area contributed by atoms with Gasteiger partial charge in [0, 0.05) is 11.0 Å². The molecule has 0 N–H and O–H groups in total. The van der Waals surface area contributed by atoms with Crippen molar-refractivity contribution in [2.75, 3.05) is 13.2 Å². The maximum Gasteiger partial charge on any atom is 0.258 e. The summed E-state index contributed by atoms with van der Waals surface area (Å²) in [5, 5.41) is 0. The number of nitrogens with zero attached hydrogens (tertiary/aromatic N) is 1. The third-order valence-electron chi connectivity index (χ3n) is 3.05. The summed E-state index contributed by atoms with van der Waals surface area (Å²) in [5.74, 6) is -0.789. The Morgan fingerprint density at radius 3 is 2.89 bits per heavy atom. The zero-order valence-corrected chi connectivity index (χ0v) is 11.9. The molecule has 18 heavy (non-hydrogen) atoms. The van der Waals surface area contributed by atoms with Crippen LogP contribution in [0.25, 0.3) is 0 Å². The van der Waals surface area contributed by atoms with Crippen LogP contribution in [0.15, 0.2) is 22.7 Å². The molecule has 2 unspecified atom stereocenters. The molecule has 1 amide bonds. The highest BCUT2D eigenvalue weighted by molar-refractivity contribution is 9.10. The average molecular weight is 316 g/mol. The molecule has 0 spiro atoms. The minimum Gasteiger partial charge on any atom is -0.375 e. The standard InChI is InChI=1S/C13H15BrFNO2/c1-8-7-18-9(2)6-16(8)13(17)12-10(14)4-3-5-11(12)15/h3-5,8-9H,6-7H2,1-2H3. The maximum atomic E-state index is 13.8. The predicted molar refractivity (Wildman–Crippen MR) is 70.0 cm³/mol. The minimum absolute atomic E-state index is 0.0179. The fourth-order valence-corrected chi connectivity index (χ4v) is 2.54. The van der Waals surface area contributed by atoms with Crippen LogP contribution in [0.4, 0.5) is 4.39 Å². The summed E-state index contributed by atoms with van der Waals surface area (Å²) < 4.78 is 19.7. The van der Waals surface area contributed by atoms with E-state index in [9.17, 15) is 9.18 Å². The van der Waals surface area contributed by atoms with E-state index in [2.05, 4.69) is 15.9 Å². The topological polar surface area (TPSA) is 29.5 Å². The first-order valence-corrected chi connectivity index (χ1v) is 6.66. The van der Waals surface area contributed by atoms with Crippen LogP contribution < -0.4 is 0 Å². The lowest BCUT2D eigenvalue weighted by Crippen LogP contribution is -2.50. The summed E-state index contributed by atoms with van der Waals surface area (Å²) >= 11 is 3.23. The molecule has 0 radical (unpaired) electrons. The first-order chi connectivity index (χ1) is 8.50. The molecule has 1 aliphatic rings. The molecule has 1 heterocycles. The number of carbonyl (C=O) groups excluding carboxylic acids is 1. The van der Waals surface area contributed by atoms with Crippen molar-refractivity contribution in [3.8, 4) is 0 Å². The number of rotatable bonds is 1. The van der Waals surface area contributed by atoms with E-state index in [4.69, 9.17) is 4.74 Å². The number of benzene rings is 1. The van der Waals surface area contributed by atoms with E-state index in [1.165, 1.54) is 6.07 Å². The summed E-state index contributed by atoms with van der Waals surface area (Å²) in [6.45, 7) is 4.78. The smallest absolute Gasteiger partial charge is 0.258 e. The quantitative estimate of drug-likeness (QED) is 0.797. The van der Waals surface area contributed by atoms with E-state index in [1.807, 2.05) is 13.8 Å². The van der Waals surface area contributed by atoms with Crippen molar-refractivity contribution < 1.29 is 13.9 Å². The normalized spacial score (nSPS) is 24.1. The van der Waals surface area contributed by atoms with Crippen molar-refractivity contribution in [3.63, 3.8) is 0 Å². The van der Waals surface area contributed by atoms with Gasteiger partial charge in [0.1, 0.15) is 5.82 Å². The molecule has 2 atom stereocenters. The molecule has 0 saturated carbocycles. The number of ether oxygens (including phenoxy) is 1. The minimum atomic E-state index is -0.499. The predicted octanol–water partition coefficient (Wildman–Crippen LogP) is 2.84. The second kappa shape index (κ2) is 5.36. The SMILES string of the molecule is CC1CN(C(=O)c2c(F)cccc2Br)C(C)CO1. The summed E-state index contributed by atoms with van der Waals surface area (Å²) in [6.07, 6.45) is -0.0179. The number of amides is 1. The van der Waals surface area contributed by atoms with Gasteiger partial charge in [-0.15, -0.1) is 0 Å². The molecule has 1 saturated heterocycles. The molecule has 98 valence electrons. The number of morpholine rings is 1. The van der Waals surface area contributed by atoms with Gasteiger partial charge in [0.25, 0.3) is 5.91 Å². The van der Waals surface area contributed by atoms with Gasteiger partial charge in [0.15, 0.2) is 0 Å².